The third-order valence-electron chi connectivity index (χ3n) is 6.39. The molecule has 0 saturated heterocycles. The van der Waals surface area contributed by atoms with Gasteiger partial charge in [-0.1, -0.05) is 67.1 Å². The second-order valence-electron chi connectivity index (χ2n) is 9.70. The summed E-state index contributed by atoms with van der Waals surface area (Å²) in [6.45, 7) is 5.57. The molecule has 2 amide bonds. The summed E-state index contributed by atoms with van der Waals surface area (Å²) in [5.41, 5.74) is 3.53. The van der Waals surface area contributed by atoms with Crippen LogP contribution < -0.4 is 9.62 Å². The summed E-state index contributed by atoms with van der Waals surface area (Å²) in [6.07, 6.45) is 2.00. The quantitative estimate of drug-likeness (QED) is 0.361. The van der Waals surface area contributed by atoms with E-state index in [0.29, 0.717) is 29.8 Å². The SMILES string of the molecule is CCCNC(=O)[C@@H](Cc1ccccc1)N(Cc1ccc(F)cc1)C(=O)CN(c1ccc(C)cc1C)S(C)(=O)=O. The Hall–Kier alpha value is -3.72. The Balaban J connectivity index is 2.05. The van der Waals surface area contributed by atoms with Crippen LogP contribution >= 0.6 is 0 Å². The van der Waals surface area contributed by atoms with Crippen molar-refractivity contribution in [2.45, 2.75) is 46.2 Å². The fraction of sp³-hybridized carbons (Fsp3) is 0.333. The number of aryl methyl sites for hydroxylation is 2. The minimum atomic E-state index is -3.84. The number of hydrogen-bond acceptors (Lipinski definition) is 4. The average molecular weight is 554 g/mol. The van der Waals surface area contributed by atoms with E-state index in [2.05, 4.69) is 5.32 Å². The summed E-state index contributed by atoms with van der Waals surface area (Å²) >= 11 is 0. The second kappa shape index (κ2) is 13.4. The molecule has 7 nitrogen and oxygen atoms in total. The summed E-state index contributed by atoms with van der Waals surface area (Å²) in [7, 11) is -3.84. The molecule has 9 heteroatoms. The number of rotatable bonds is 12. The largest absolute Gasteiger partial charge is 0.354 e. The highest BCUT2D eigenvalue weighted by molar-refractivity contribution is 7.92. The molecular formula is C30H36FN3O4S. The van der Waals surface area contributed by atoms with Gasteiger partial charge in [-0.15, -0.1) is 0 Å². The smallest absolute Gasteiger partial charge is 0.244 e. The Morgan fingerprint density at radius 1 is 0.949 bits per heavy atom. The molecular weight excluding hydrogens is 517 g/mol. The van der Waals surface area contributed by atoms with Gasteiger partial charge < -0.3 is 10.2 Å². The molecule has 1 atom stereocenters. The van der Waals surface area contributed by atoms with E-state index in [4.69, 9.17) is 0 Å². The number of nitrogens with zero attached hydrogens (tertiary/aromatic N) is 2. The number of carbonyl (C=O) groups excluding carboxylic acids is 2. The standard InChI is InChI=1S/C30H36FN3O4S/c1-5-17-32-30(36)28(19-24-9-7-6-8-10-24)33(20-25-12-14-26(31)15-13-25)29(35)21-34(39(4,37)38)27-16-11-22(2)18-23(27)3/h6-16,18,28H,5,17,19-21H2,1-4H3,(H,32,36)/t28-/m1/s1. The first kappa shape index (κ1) is 29.8. The molecule has 0 aromatic heterocycles. The van der Waals surface area contributed by atoms with Crippen LogP contribution in [0.2, 0.25) is 0 Å². The first-order valence-electron chi connectivity index (χ1n) is 12.9. The maximum absolute atomic E-state index is 14.0. The topological polar surface area (TPSA) is 86.8 Å². The Labute approximate surface area is 230 Å². The molecule has 3 rings (SSSR count). The third kappa shape index (κ3) is 8.38. The van der Waals surface area contributed by atoms with Crippen molar-refractivity contribution in [1.29, 1.82) is 0 Å². The molecule has 0 heterocycles. The van der Waals surface area contributed by atoms with Gasteiger partial charge in [0.05, 0.1) is 11.9 Å². The fourth-order valence-electron chi connectivity index (χ4n) is 4.39. The molecule has 1 N–H and O–H groups in total. The summed E-state index contributed by atoms with van der Waals surface area (Å²) < 4.78 is 40.5. The Bertz CT molecular complexity index is 1380. The lowest BCUT2D eigenvalue weighted by Crippen LogP contribution is -2.53. The van der Waals surface area contributed by atoms with Gasteiger partial charge in [-0.3, -0.25) is 13.9 Å². The molecule has 3 aromatic carbocycles. The lowest BCUT2D eigenvalue weighted by atomic mass is 10.0. The molecule has 0 radical (unpaired) electrons. The van der Waals surface area contributed by atoms with Crippen LogP contribution in [0, 0.1) is 19.7 Å². The molecule has 0 fully saturated rings. The molecule has 3 aromatic rings. The van der Waals surface area contributed by atoms with E-state index in [0.717, 1.165) is 21.7 Å². The number of halogens is 1. The maximum atomic E-state index is 14.0. The van der Waals surface area contributed by atoms with Crippen LogP contribution in [0.5, 0.6) is 0 Å². The molecule has 208 valence electrons. The van der Waals surface area contributed by atoms with E-state index < -0.39 is 34.3 Å². The van der Waals surface area contributed by atoms with E-state index in [-0.39, 0.29) is 18.9 Å². The summed E-state index contributed by atoms with van der Waals surface area (Å²) in [4.78, 5) is 28.8. The molecule has 0 aliphatic heterocycles. The van der Waals surface area contributed by atoms with E-state index in [1.165, 1.54) is 17.0 Å². The normalized spacial score (nSPS) is 12.0. The van der Waals surface area contributed by atoms with Crippen molar-refractivity contribution in [3.63, 3.8) is 0 Å². The van der Waals surface area contributed by atoms with Crippen molar-refractivity contribution < 1.29 is 22.4 Å². The lowest BCUT2D eigenvalue weighted by molar-refractivity contribution is -0.140. The van der Waals surface area contributed by atoms with Crippen LogP contribution in [-0.2, 0) is 32.6 Å². The molecule has 0 saturated carbocycles. The first-order valence-corrected chi connectivity index (χ1v) is 14.7. The predicted octanol–water partition coefficient (Wildman–Crippen LogP) is 4.37. The zero-order valence-electron chi connectivity index (χ0n) is 22.9. The highest BCUT2D eigenvalue weighted by Crippen LogP contribution is 2.25. The van der Waals surface area contributed by atoms with Crippen molar-refractivity contribution in [1.82, 2.24) is 10.2 Å². The summed E-state index contributed by atoms with van der Waals surface area (Å²) in [6, 6.07) is 19.4. The van der Waals surface area contributed by atoms with E-state index in [9.17, 15) is 22.4 Å². The Morgan fingerprint density at radius 3 is 2.21 bits per heavy atom. The van der Waals surface area contributed by atoms with Gasteiger partial charge in [0.15, 0.2) is 0 Å². The van der Waals surface area contributed by atoms with Gasteiger partial charge in [0.25, 0.3) is 0 Å². The maximum Gasteiger partial charge on any atom is 0.244 e. The van der Waals surface area contributed by atoms with Crippen molar-refractivity contribution >= 4 is 27.5 Å². The van der Waals surface area contributed by atoms with Crippen LogP contribution in [0.25, 0.3) is 0 Å². The number of hydrogen-bond donors (Lipinski definition) is 1. The zero-order chi connectivity index (χ0) is 28.6. The van der Waals surface area contributed by atoms with Gasteiger partial charge in [-0.2, -0.15) is 0 Å². The third-order valence-corrected chi connectivity index (χ3v) is 7.51. The van der Waals surface area contributed by atoms with Crippen molar-refractivity contribution in [3.05, 3.63) is 101 Å². The van der Waals surface area contributed by atoms with Crippen LogP contribution in [0.3, 0.4) is 0 Å². The first-order chi connectivity index (χ1) is 18.5. The van der Waals surface area contributed by atoms with Crippen molar-refractivity contribution in [3.8, 4) is 0 Å². The average Bonchev–Trinajstić information content (AvgIpc) is 2.89. The molecule has 0 spiro atoms. The Kier molecular flexibility index (Phi) is 10.2. The fourth-order valence-corrected chi connectivity index (χ4v) is 5.29. The van der Waals surface area contributed by atoms with Crippen molar-refractivity contribution in [2.75, 3.05) is 23.7 Å². The predicted molar refractivity (Wildman–Crippen MR) is 152 cm³/mol. The molecule has 0 aliphatic carbocycles. The number of carbonyl (C=O) groups is 2. The lowest BCUT2D eigenvalue weighted by Gasteiger charge is -2.33. The van der Waals surface area contributed by atoms with Crippen LogP contribution in [0.4, 0.5) is 10.1 Å². The van der Waals surface area contributed by atoms with Crippen LogP contribution in [-0.4, -0.2) is 50.5 Å². The van der Waals surface area contributed by atoms with E-state index in [1.54, 1.807) is 31.2 Å². The highest BCUT2D eigenvalue weighted by atomic mass is 32.2. The summed E-state index contributed by atoms with van der Waals surface area (Å²) in [5, 5.41) is 2.89. The number of anilines is 1. The van der Waals surface area contributed by atoms with Gasteiger partial charge >= 0.3 is 0 Å². The number of nitrogens with one attached hydrogen (secondary N) is 1. The van der Waals surface area contributed by atoms with Gasteiger partial charge in [0.1, 0.15) is 18.4 Å². The van der Waals surface area contributed by atoms with Crippen LogP contribution in [0.1, 0.15) is 35.6 Å². The molecule has 0 bridgehead atoms. The van der Waals surface area contributed by atoms with E-state index >= 15 is 0 Å². The number of amides is 2. The monoisotopic (exact) mass is 553 g/mol. The number of sulfonamides is 1. The van der Waals surface area contributed by atoms with Gasteiger partial charge in [-0.25, -0.2) is 12.8 Å². The molecule has 0 aliphatic rings. The van der Waals surface area contributed by atoms with Crippen LogP contribution in [0.15, 0.2) is 72.8 Å². The minimum Gasteiger partial charge on any atom is -0.354 e. The molecule has 39 heavy (non-hydrogen) atoms. The zero-order valence-corrected chi connectivity index (χ0v) is 23.7. The van der Waals surface area contributed by atoms with Crippen molar-refractivity contribution in [2.24, 2.45) is 0 Å². The number of benzene rings is 3. The Morgan fingerprint density at radius 2 is 1.62 bits per heavy atom. The van der Waals surface area contributed by atoms with E-state index in [1.807, 2.05) is 50.2 Å². The van der Waals surface area contributed by atoms with Gasteiger partial charge in [-0.05, 0) is 55.2 Å². The van der Waals surface area contributed by atoms with Gasteiger partial charge in [0.2, 0.25) is 21.8 Å². The highest BCUT2D eigenvalue weighted by Gasteiger charge is 2.33. The molecule has 0 unspecified atom stereocenters. The summed E-state index contributed by atoms with van der Waals surface area (Å²) in [5.74, 6) is -1.30. The van der Waals surface area contributed by atoms with Gasteiger partial charge in [0, 0.05) is 19.5 Å². The second-order valence-corrected chi connectivity index (χ2v) is 11.6. The minimum absolute atomic E-state index is 0.000635.